The molecular weight excluding hydrogens is 324 g/mol. The van der Waals surface area contributed by atoms with Crippen molar-refractivity contribution >= 4 is 21.6 Å². The van der Waals surface area contributed by atoms with E-state index in [0.717, 1.165) is 37.8 Å². The highest BCUT2D eigenvalue weighted by Gasteiger charge is 2.29. The largest absolute Gasteiger partial charge is 0.312 e. The first-order chi connectivity index (χ1) is 11.5. The van der Waals surface area contributed by atoms with E-state index in [1.165, 1.54) is 12.8 Å². The number of carbonyl (C=O) groups excluding carboxylic acids is 1. The maximum absolute atomic E-state index is 12.9. The predicted molar refractivity (Wildman–Crippen MR) is 94.5 cm³/mol. The number of carbonyl (C=O) groups is 1. The van der Waals surface area contributed by atoms with Gasteiger partial charge in [0.25, 0.3) is 0 Å². The first-order valence-corrected chi connectivity index (χ1v) is 10.3. The van der Waals surface area contributed by atoms with Gasteiger partial charge in [-0.1, -0.05) is 25.7 Å². The number of nitrogens with zero attached hydrogens (tertiary/aromatic N) is 2. The van der Waals surface area contributed by atoms with Gasteiger partial charge in [0.15, 0.2) is 0 Å². The number of benzene rings is 1. The fourth-order valence-electron chi connectivity index (χ4n) is 3.70. The Hall–Kier alpha value is -1.40. The van der Waals surface area contributed by atoms with Crippen LogP contribution in [0.2, 0.25) is 0 Å². The molecule has 0 atom stereocenters. The van der Waals surface area contributed by atoms with Crippen LogP contribution in [0.1, 0.15) is 51.4 Å². The summed E-state index contributed by atoms with van der Waals surface area (Å²) in [7, 11) is -1.78. The van der Waals surface area contributed by atoms with Crippen LogP contribution >= 0.6 is 0 Å². The Kier molecular flexibility index (Phi) is 5.25. The van der Waals surface area contributed by atoms with Crippen molar-refractivity contribution in [2.24, 2.45) is 0 Å². The summed E-state index contributed by atoms with van der Waals surface area (Å²) in [5.41, 5.74) is 0.786. The molecule has 0 N–H and O–H groups in total. The highest BCUT2D eigenvalue weighted by atomic mass is 32.2. The molecule has 0 unspecified atom stereocenters. The van der Waals surface area contributed by atoms with Gasteiger partial charge in [-0.2, -0.15) is 4.31 Å². The topological polar surface area (TPSA) is 57.7 Å². The molecule has 1 heterocycles. The molecule has 0 aromatic heterocycles. The molecular formula is C18H26N2O3S. The third-order valence-corrected chi connectivity index (χ3v) is 7.16. The first kappa shape index (κ1) is 17.4. The zero-order chi connectivity index (χ0) is 17.2. The van der Waals surface area contributed by atoms with Crippen LogP contribution in [0.25, 0.3) is 0 Å². The lowest BCUT2D eigenvalue weighted by Crippen LogP contribution is -2.36. The van der Waals surface area contributed by atoms with E-state index in [0.29, 0.717) is 17.9 Å². The minimum atomic E-state index is -3.48. The van der Waals surface area contributed by atoms with E-state index < -0.39 is 10.0 Å². The molecule has 1 aromatic rings. The molecule has 24 heavy (non-hydrogen) atoms. The molecule has 2 aliphatic rings. The van der Waals surface area contributed by atoms with E-state index in [2.05, 4.69) is 0 Å². The molecule has 2 fully saturated rings. The van der Waals surface area contributed by atoms with Crippen LogP contribution in [0.4, 0.5) is 5.69 Å². The van der Waals surface area contributed by atoms with Gasteiger partial charge >= 0.3 is 0 Å². The molecule has 3 rings (SSSR count). The SMILES string of the molecule is CN(C1CCCCCC1)S(=O)(=O)c1ccc(N2CCCC2=O)cc1. The lowest BCUT2D eigenvalue weighted by atomic mass is 10.1. The summed E-state index contributed by atoms with van der Waals surface area (Å²) < 4.78 is 27.3. The van der Waals surface area contributed by atoms with Crippen LogP contribution in [0, 0.1) is 0 Å². The van der Waals surface area contributed by atoms with Crippen molar-refractivity contribution in [2.45, 2.75) is 62.3 Å². The number of anilines is 1. The Morgan fingerprint density at radius 2 is 1.62 bits per heavy atom. The van der Waals surface area contributed by atoms with E-state index in [4.69, 9.17) is 0 Å². The summed E-state index contributed by atoms with van der Waals surface area (Å²) in [6.45, 7) is 0.715. The summed E-state index contributed by atoms with van der Waals surface area (Å²) in [6, 6.07) is 6.85. The molecule has 0 bridgehead atoms. The van der Waals surface area contributed by atoms with Crippen LogP contribution in [-0.2, 0) is 14.8 Å². The standard InChI is InChI=1S/C18H26N2O3S/c1-19(15-7-4-2-3-5-8-15)24(22,23)17-12-10-16(11-13-17)20-14-6-9-18(20)21/h10-13,15H,2-9,14H2,1H3. The van der Waals surface area contributed by atoms with Gasteiger partial charge in [-0.3, -0.25) is 4.79 Å². The molecule has 0 spiro atoms. The van der Waals surface area contributed by atoms with Crippen molar-refractivity contribution in [2.75, 3.05) is 18.5 Å². The van der Waals surface area contributed by atoms with Crippen molar-refractivity contribution in [3.63, 3.8) is 0 Å². The Labute approximate surface area is 144 Å². The summed E-state index contributed by atoms with van der Waals surface area (Å²) >= 11 is 0. The molecule has 5 nitrogen and oxygen atoms in total. The molecule has 1 aliphatic carbocycles. The van der Waals surface area contributed by atoms with Crippen molar-refractivity contribution < 1.29 is 13.2 Å². The average molecular weight is 350 g/mol. The van der Waals surface area contributed by atoms with Gasteiger partial charge in [0.2, 0.25) is 15.9 Å². The third kappa shape index (κ3) is 3.49. The summed E-state index contributed by atoms with van der Waals surface area (Å²) in [6.07, 6.45) is 7.91. The summed E-state index contributed by atoms with van der Waals surface area (Å²) in [4.78, 5) is 13.8. The average Bonchev–Trinajstić information content (AvgIpc) is 2.85. The van der Waals surface area contributed by atoms with Crippen LogP contribution < -0.4 is 4.90 Å². The van der Waals surface area contributed by atoms with Crippen molar-refractivity contribution in [3.8, 4) is 0 Å². The van der Waals surface area contributed by atoms with Crippen molar-refractivity contribution in [1.82, 2.24) is 4.31 Å². The molecule has 1 saturated carbocycles. The third-order valence-electron chi connectivity index (χ3n) is 5.24. The van der Waals surface area contributed by atoms with Gasteiger partial charge in [0.1, 0.15) is 0 Å². The van der Waals surface area contributed by atoms with Gasteiger partial charge in [0, 0.05) is 31.7 Å². The molecule has 1 aliphatic heterocycles. The van der Waals surface area contributed by atoms with Gasteiger partial charge < -0.3 is 4.90 Å². The number of rotatable bonds is 4. The zero-order valence-corrected chi connectivity index (χ0v) is 15.1. The number of sulfonamides is 1. The number of hydrogen-bond acceptors (Lipinski definition) is 3. The highest BCUT2D eigenvalue weighted by Crippen LogP contribution is 2.28. The predicted octanol–water partition coefficient (Wildman–Crippen LogP) is 3.16. The van der Waals surface area contributed by atoms with E-state index in [1.807, 2.05) is 0 Å². The first-order valence-electron chi connectivity index (χ1n) is 8.88. The van der Waals surface area contributed by atoms with Crippen LogP contribution in [0.15, 0.2) is 29.2 Å². The Morgan fingerprint density at radius 1 is 1.00 bits per heavy atom. The van der Waals surface area contributed by atoms with E-state index >= 15 is 0 Å². The van der Waals surface area contributed by atoms with Gasteiger partial charge in [-0.25, -0.2) is 8.42 Å². The van der Waals surface area contributed by atoms with Crippen LogP contribution in [0.5, 0.6) is 0 Å². The maximum atomic E-state index is 12.9. The van der Waals surface area contributed by atoms with Crippen LogP contribution in [0.3, 0.4) is 0 Å². The number of hydrogen-bond donors (Lipinski definition) is 0. The maximum Gasteiger partial charge on any atom is 0.243 e. The fraction of sp³-hybridized carbons (Fsp3) is 0.611. The second-order valence-corrected chi connectivity index (χ2v) is 8.81. The highest BCUT2D eigenvalue weighted by molar-refractivity contribution is 7.89. The molecule has 0 radical (unpaired) electrons. The van der Waals surface area contributed by atoms with Crippen molar-refractivity contribution in [3.05, 3.63) is 24.3 Å². The molecule has 132 valence electrons. The van der Waals surface area contributed by atoms with Gasteiger partial charge in [-0.05, 0) is 43.5 Å². The molecule has 6 heteroatoms. The summed E-state index contributed by atoms with van der Waals surface area (Å²) in [5.74, 6) is 0.112. The van der Waals surface area contributed by atoms with E-state index in [9.17, 15) is 13.2 Å². The lowest BCUT2D eigenvalue weighted by molar-refractivity contribution is -0.117. The fourth-order valence-corrected chi connectivity index (χ4v) is 5.12. The molecule has 1 saturated heterocycles. The Bertz CT molecular complexity index is 677. The number of amides is 1. The normalized spacial score (nSPS) is 20.6. The quantitative estimate of drug-likeness (QED) is 0.784. The summed E-state index contributed by atoms with van der Waals surface area (Å²) in [5, 5.41) is 0. The minimum Gasteiger partial charge on any atom is -0.312 e. The Morgan fingerprint density at radius 3 is 2.17 bits per heavy atom. The van der Waals surface area contributed by atoms with Crippen LogP contribution in [-0.4, -0.2) is 38.3 Å². The second kappa shape index (κ2) is 7.23. The minimum absolute atomic E-state index is 0.0948. The van der Waals surface area contributed by atoms with Gasteiger partial charge in [-0.15, -0.1) is 0 Å². The second-order valence-electron chi connectivity index (χ2n) is 6.81. The van der Waals surface area contributed by atoms with Gasteiger partial charge in [0.05, 0.1) is 4.90 Å². The smallest absolute Gasteiger partial charge is 0.243 e. The molecule has 1 aromatic carbocycles. The van der Waals surface area contributed by atoms with E-state index in [-0.39, 0.29) is 11.9 Å². The lowest BCUT2D eigenvalue weighted by Gasteiger charge is -2.26. The molecule has 1 amide bonds. The van der Waals surface area contributed by atoms with E-state index in [1.54, 1.807) is 40.5 Å². The Balaban J connectivity index is 1.77. The monoisotopic (exact) mass is 350 g/mol. The van der Waals surface area contributed by atoms with Crippen molar-refractivity contribution in [1.29, 1.82) is 0 Å². The zero-order valence-electron chi connectivity index (χ0n) is 14.3.